The number of aryl methyl sites for hydroxylation is 2. The molecular formula is C34H32N4O4. The summed E-state index contributed by atoms with van der Waals surface area (Å²) in [5, 5.41) is 17.3. The Bertz CT molecular complexity index is 1660. The van der Waals surface area contributed by atoms with Gasteiger partial charge in [0.15, 0.2) is 0 Å². The van der Waals surface area contributed by atoms with Gasteiger partial charge in [0.25, 0.3) is 5.69 Å². The highest BCUT2D eigenvalue weighted by atomic mass is 16.6. The van der Waals surface area contributed by atoms with E-state index in [0.29, 0.717) is 29.1 Å². The summed E-state index contributed by atoms with van der Waals surface area (Å²) in [4.78, 5) is 41.9. The van der Waals surface area contributed by atoms with Crippen LogP contribution in [0.3, 0.4) is 0 Å². The van der Waals surface area contributed by atoms with Gasteiger partial charge in [-0.2, -0.15) is 0 Å². The molecule has 0 aromatic heterocycles. The highest BCUT2D eigenvalue weighted by molar-refractivity contribution is 6.20. The normalized spacial score (nSPS) is 14.3. The highest BCUT2D eigenvalue weighted by Gasteiger charge is 2.27. The lowest BCUT2D eigenvalue weighted by molar-refractivity contribution is -0.384. The number of aliphatic imine (C=N–C) groups is 1. The molecule has 0 spiro atoms. The number of amides is 2. The van der Waals surface area contributed by atoms with E-state index in [9.17, 15) is 19.7 Å². The smallest absolute Gasteiger partial charge is 0.271 e. The minimum absolute atomic E-state index is 0.119. The predicted molar refractivity (Wildman–Crippen MR) is 165 cm³/mol. The summed E-state index contributed by atoms with van der Waals surface area (Å²) in [5.41, 5.74) is 7.17. The SMILES string of the molecule is CCc1ccc(CC2N=C(c3ccc(NC(=O)Cc4ccccc4)cc3)c3ccc([N+](=O)[O-])cc3NC2=O)cc1CC. The zero-order valence-electron chi connectivity index (χ0n) is 23.6. The fourth-order valence-electron chi connectivity index (χ4n) is 5.23. The first-order valence-corrected chi connectivity index (χ1v) is 14.1. The van der Waals surface area contributed by atoms with Crippen LogP contribution in [0.15, 0.2) is 96.0 Å². The van der Waals surface area contributed by atoms with Crippen molar-refractivity contribution in [1.29, 1.82) is 0 Å². The molecule has 2 N–H and O–H groups in total. The van der Waals surface area contributed by atoms with E-state index in [1.807, 2.05) is 48.5 Å². The number of hydrogen-bond acceptors (Lipinski definition) is 5. The lowest BCUT2D eigenvalue weighted by Gasteiger charge is -2.14. The monoisotopic (exact) mass is 560 g/mol. The highest BCUT2D eigenvalue weighted by Crippen LogP contribution is 2.30. The number of fused-ring (bicyclic) bond motifs is 1. The third kappa shape index (κ3) is 6.44. The summed E-state index contributed by atoms with van der Waals surface area (Å²) in [5.74, 6) is -0.456. The van der Waals surface area contributed by atoms with E-state index >= 15 is 0 Å². The Morgan fingerprint density at radius 1 is 0.905 bits per heavy atom. The van der Waals surface area contributed by atoms with Crippen LogP contribution in [-0.2, 0) is 35.3 Å². The van der Waals surface area contributed by atoms with Gasteiger partial charge in [-0.25, -0.2) is 0 Å². The van der Waals surface area contributed by atoms with Crippen LogP contribution in [0.5, 0.6) is 0 Å². The second-order valence-electron chi connectivity index (χ2n) is 10.3. The number of benzodiazepines with no additional fused rings is 1. The van der Waals surface area contributed by atoms with E-state index in [-0.39, 0.29) is 23.9 Å². The zero-order valence-corrected chi connectivity index (χ0v) is 23.6. The summed E-state index contributed by atoms with van der Waals surface area (Å²) < 4.78 is 0. The van der Waals surface area contributed by atoms with Gasteiger partial charge in [0.05, 0.1) is 22.7 Å². The molecule has 0 aliphatic carbocycles. The Morgan fingerprint density at radius 3 is 2.33 bits per heavy atom. The molecule has 1 heterocycles. The maximum absolute atomic E-state index is 13.4. The molecule has 2 amide bonds. The summed E-state index contributed by atoms with van der Waals surface area (Å²) in [6.45, 7) is 4.24. The van der Waals surface area contributed by atoms with Gasteiger partial charge in [-0.3, -0.25) is 24.7 Å². The molecule has 0 radical (unpaired) electrons. The molecule has 1 unspecified atom stereocenters. The van der Waals surface area contributed by atoms with Gasteiger partial charge in [-0.1, -0.05) is 74.5 Å². The van der Waals surface area contributed by atoms with Crippen molar-refractivity contribution in [2.24, 2.45) is 4.99 Å². The Morgan fingerprint density at radius 2 is 1.64 bits per heavy atom. The van der Waals surface area contributed by atoms with E-state index in [4.69, 9.17) is 4.99 Å². The maximum atomic E-state index is 13.4. The molecule has 0 bridgehead atoms. The van der Waals surface area contributed by atoms with E-state index in [2.05, 4.69) is 36.6 Å². The van der Waals surface area contributed by atoms with Gasteiger partial charge in [0.1, 0.15) is 6.04 Å². The summed E-state index contributed by atoms with van der Waals surface area (Å²) in [6, 6.07) is 26.7. The van der Waals surface area contributed by atoms with Crippen molar-refractivity contribution in [3.8, 4) is 0 Å². The van der Waals surface area contributed by atoms with Crippen LogP contribution >= 0.6 is 0 Å². The summed E-state index contributed by atoms with van der Waals surface area (Å²) in [7, 11) is 0. The fourth-order valence-corrected chi connectivity index (χ4v) is 5.23. The largest absolute Gasteiger partial charge is 0.326 e. The number of nitro groups is 1. The quantitative estimate of drug-likeness (QED) is 0.185. The van der Waals surface area contributed by atoms with Crippen molar-refractivity contribution in [2.45, 2.75) is 45.6 Å². The first-order valence-electron chi connectivity index (χ1n) is 14.1. The number of hydrogen-bond donors (Lipinski definition) is 2. The number of nitrogens with zero attached hydrogens (tertiary/aromatic N) is 2. The number of non-ortho nitro benzene ring substituents is 1. The first kappa shape index (κ1) is 28.4. The number of carbonyl (C=O) groups excluding carboxylic acids is 2. The standard InChI is InChI=1S/C34H32N4O4/c1-3-24-11-10-23(18-25(24)4-2)19-31-34(40)37-30-21-28(38(41)42)16-17-29(30)33(36-31)26-12-14-27(15-13-26)35-32(39)20-22-8-6-5-7-9-22/h5-18,21,31H,3-4,19-20H2,1-2H3,(H,35,39)(H,37,40). The van der Waals surface area contributed by atoms with Crippen LogP contribution in [0.1, 0.15) is 47.2 Å². The Labute approximate surface area is 244 Å². The minimum Gasteiger partial charge on any atom is -0.326 e. The van der Waals surface area contributed by atoms with Crippen LogP contribution in [0, 0.1) is 10.1 Å². The second kappa shape index (κ2) is 12.6. The van der Waals surface area contributed by atoms with Crippen molar-refractivity contribution in [3.05, 3.63) is 134 Å². The fraction of sp³-hybridized carbons (Fsp3) is 0.206. The average molecular weight is 561 g/mol. The Kier molecular flexibility index (Phi) is 8.52. The van der Waals surface area contributed by atoms with Crippen LogP contribution in [0.4, 0.5) is 17.1 Å². The van der Waals surface area contributed by atoms with E-state index in [0.717, 1.165) is 29.5 Å². The van der Waals surface area contributed by atoms with E-state index < -0.39 is 11.0 Å². The molecule has 42 heavy (non-hydrogen) atoms. The number of benzene rings is 4. The topological polar surface area (TPSA) is 114 Å². The molecule has 5 rings (SSSR count). The van der Waals surface area contributed by atoms with Crippen LogP contribution in [0.25, 0.3) is 0 Å². The molecule has 4 aromatic carbocycles. The molecule has 0 saturated heterocycles. The molecule has 4 aromatic rings. The number of anilines is 2. The van der Waals surface area contributed by atoms with Crippen molar-refractivity contribution in [3.63, 3.8) is 0 Å². The van der Waals surface area contributed by atoms with Crippen molar-refractivity contribution in [2.75, 3.05) is 10.6 Å². The number of nitrogens with one attached hydrogen (secondary N) is 2. The zero-order chi connectivity index (χ0) is 29.6. The minimum atomic E-state index is -0.742. The second-order valence-corrected chi connectivity index (χ2v) is 10.3. The first-order chi connectivity index (χ1) is 20.3. The summed E-state index contributed by atoms with van der Waals surface area (Å²) in [6.07, 6.45) is 2.48. The Balaban J connectivity index is 1.46. The van der Waals surface area contributed by atoms with Gasteiger partial charge in [0, 0.05) is 35.4 Å². The van der Waals surface area contributed by atoms with Crippen LogP contribution in [-0.4, -0.2) is 28.5 Å². The van der Waals surface area contributed by atoms with Gasteiger partial charge in [-0.15, -0.1) is 0 Å². The molecule has 0 fully saturated rings. The number of carbonyl (C=O) groups is 2. The van der Waals surface area contributed by atoms with Gasteiger partial charge >= 0.3 is 0 Å². The molecule has 1 aliphatic rings. The van der Waals surface area contributed by atoms with Crippen molar-refractivity contribution in [1.82, 2.24) is 0 Å². The molecule has 0 saturated carbocycles. The molecule has 1 aliphatic heterocycles. The molecule has 212 valence electrons. The average Bonchev–Trinajstić information content (AvgIpc) is 3.13. The van der Waals surface area contributed by atoms with Gasteiger partial charge < -0.3 is 10.6 Å². The van der Waals surface area contributed by atoms with Crippen LogP contribution < -0.4 is 10.6 Å². The van der Waals surface area contributed by atoms with E-state index in [1.165, 1.54) is 23.3 Å². The lowest BCUT2D eigenvalue weighted by atomic mass is 9.96. The third-order valence-corrected chi connectivity index (χ3v) is 7.43. The van der Waals surface area contributed by atoms with Crippen LogP contribution in [0.2, 0.25) is 0 Å². The Hall–Kier alpha value is -5.11. The molecule has 8 heteroatoms. The molecular weight excluding hydrogens is 528 g/mol. The number of nitro benzene ring substituents is 1. The van der Waals surface area contributed by atoms with Crippen molar-refractivity contribution >= 4 is 34.6 Å². The van der Waals surface area contributed by atoms with Gasteiger partial charge in [-0.05, 0) is 53.3 Å². The predicted octanol–water partition coefficient (Wildman–Crippen LogP) is 6.30. The third-order valence-electron chi connectivity index (χ3n) is 7.43. The maximum Gasteiger partial charge on any atom is 0.271 e. The number of rotatable bonds is 9. The van der Waals surface area contributed by atoms with Gasteiger partial charge in [0.2, 0.25) is 11.8 Å². The van der Waals surface area contributed by atoms with Crippen molar-refractivity contribution < 1.29 is 14.5 Å². The summed E-state index contributed by atoms with van der Waals surface area (Å²) >= 11 is 0. The van der Waals surface area contributed by atoms with E-state index in [1.54, 1.807) is 18.2 Å². The lowest BCUT2D eigenvalue weighted by Crippen LogP contribution is -2.27. The molecule has 1 atom stereocenters. The molecule has 8 nitrogen and oxygen atoms in total.